The van der Waals surface area contributed by atoms with Crippen LogP contribution in [0.25, 0.3) is 0 Å². The normalized spacial score (nSPS) is 19.7. The average molecular weight is 263 g/mol. The second kappa shape index (κ2) is 5.99. The summed E-state index contributed by atoms with van der Waals surface area (Å²) in [5.74, 6) is 0.476. The molecule has 0 radical (unpaired) electrons. The molecule has 1 aromatic heterocycles. The number of nitrogens with zero attached hydrogens (tertiary/aromatic N) is 3. The van der Waals surface area contributed by atoms with Crippen LogP contribution in [0.2, 0.25) is 0 Å². The fourth-order valence-electron chi connectivity index (χ4n) is 2.55. The summed E-state index contributed by atoms with van der Waals surface area (Å²) in [6.07, 6.45) is 4.87. The Bertz CT molecular complexity index is 448. The minimum Gasteiger partial charge on any atom is -0.481 e. The average Bonchev–Trinajstić information content (AvgIpc) is 2.39. The van der Waals surface area contributed by atoms with Gasteiger partial charge >= 0.3 is 5.97 Å². The molecule has 19 heavy (non-hydrogen) atoms. The minimum atomic E-state index is -0.741. The summed E-state index contributed by atoms with van der Waals surface area (Å²) in [5.41, 5.74) is 1.00. The molecule has 1 N–H and O–H groups in total. The van der Waals surface area contributed by atoms with Crippen molar-refractivity contribution in [2.45, 2.75) is 51.5 Å². The topological polar surface area (TPSA) is 66.3 Å². The maximum atomic E-state index is 11.0. The monoisotopic (exact) mass is 263 g/mol. The zero-order valence-electron chi connectivity index (χ0n) is 11.5. The van der Waals surface area contributed by atoms with E-state index >= 15 is 0 Å². The predicted molar refractivity (Wildman–Crippen MR) is 73.4 cm³/mol. The van der Waals surface area contributed by atoms with Crippen molar-refractivity contribution in [3.05, 3.63) is 18.1 Å². The first-order valence-corrected chi connectivity index (χ1v) is 6.88. The molecule has 1 fully saturated rings. The standard InChI is InChI=1S/C14H21N3O2/c1-10(2)12-8-13(16-9-15-12)17-6-4-3-5-11(17)7-14(18)19/h8-11H,3-7H2,1-2H3,(H,18,19). The Labute approximate surface area is 113 Å². The molecule has 1 aliphatic heterocycles. The van der Waals surface area contributed by atoms with Gasteiger partial charge in [0.05, 0.1) is 6.42 Å². The highest BCUT2D eigenvalue weighted by Gasteiger charge is 2.26. The fraction of sp³-hybridized carbons (Fsp3) is 0.643. The largest absolute Gasteiger partial charge is 0.481 e. The molecule has 0 saturated carbocycles. The number of carbonyl (C=O) groups is 1. The number of anilines is 1. The zero-order valence-corrected chi connectivity index (χ0v) is 11.5. The van der Waals surface area contributed by atoms with Crippen molar-refractivity contribution < 1.29 is 9.90 Å². The lowest BCUT2D eigenvalue weighted by Crippen LogP contribution is -2.41. The van der Waals surface area contributed by atoms with E-state index in [9.17, 15) is 4.79 Å². The van der Waals surface area contributed by atoms with Crippen LogP contribution in [-0.4, -0.2) is 33.6 Å². The van der Waals surface area contributed by atoms with Crippen LogP contribution >= 0.6 is 0 Å². The Hall–Kier alpha value is -1.65. The van der Waals surface area contributed by atoms with Gasteiger partial charge in [-0.3, -0.25) is 4.79 Å². The zero-order chi connectivity index (χ0) is 13.8. The molecule has 1 aromatic rings. The van der Waals surface area contributed by atoms with Gasteiger partial charge in [0.25, 0.3) is 0 Å². The lowest BCUT2D eigenvalue weighted by atomic mass is 9.99. The van der Waals surface area contributed by atoms with Crippen molar-refractivity contribution in [1.82, 2.24) is 9.97 Å². The molecular weight excluding hydrogens is 242 g/mol. The number of hydrogen-bond acceptors (Lipinski definition) is 4. The van der Waals surface area contributed by atoms with Gasteiger partial charge in [-0.1, -0.05) is 13.8 Å². The quantitative estimate of drug-likeness (QED) is 0.903. The Balaban J connectivity index is 2.21. The van der Waals surface area contributed by atoms with Gasteiger partial charge in [-0.15, -0.1) is 0 Å². The van der Waals surface area contributed by atoms with Crippen molar-refractivity contribution >= 4 is 11.8 Å². The Kier molecular flexibility index (Phi) is 4.35. The van der Waals surface area contributed by atoms with Crippen LogP contribution in [-0.2, 0) is 4.79 Å². The van der Waals surface area contributed by atoms with Gasteiger partial charge in [-0.25, -0.2) is 9.97 Å². The van der Waals surface area contributed by atoms with Crippen LogP contribution in [0.1, 0.15) is 51.1 Å². The molecule has 5 heteroatoms. The molecule has 0 aromatic carbocycles. The summed E-state index contributed by atoms with van der Waals surface area (Å²) in [5, 5.41) is 9.01. The highest BCUT2D eigenvalue weighted by Crippen LogP contribution is 2.26. The molecule has 0 bridgehead atoms. The first kappa shape index (κ1) is 13.8. The van der Waals surface area contributed by atoms with E-state index in [1.54, 1.807) is 6.33 Å². The molecule has 0 spiro atoms. The highest BCUT2D eigenvalue weighted by molar-refractivity contribution is 5.68. The molecular formula is C14H21N3O2. The van der Waals surface area contributed by atoms with Gasteiger partial charge in [0, 0.05) is 24.3 Å². The van der Waals surface area contributed by atoms with E-state index < -0.39 is 5.97 Å². The van der Waals surface area contributed by atoms with Gasteiger partial charge in [0.1, 0.15) is 12.1 Å². The maximum Gasteiger partial charge on any atom is 0.305 e. The van der Waals surface area contributed by atoms with Crippen molar-refractivity contribution in [2.24, 2.45) is 0 Å². The van der Waals surface area contributed by atoms with E-state index in [0.29, 0.717) is 5.92 Å². The third kappa shape index (κ3) is 3.43. The van der Waals surface area contributed by atoms with Crippen molar-refractivity contribution in [3.63, 3.8) is 0 Å². The molecule has 2 rings (SSSR count). The van der Waals surface area contributed by atoms with Gasteiger partial charge < -0.3 is 10.0 Å². The van der Waals surface area contributed by atoms with E-state index in [1.807, 2.05) is 6.07 Å². The Morgan fingerprint density at radius 3 is 2.95 bits per heavy atom. The number of hydrogen-bond donors (Lipinski definition) is 1. The van der Waals surface area contributed by atoms with Gasteiger partial charge in [-0.2, -0.15) is 0 Å². The van der Waals surface area contributed by atoms with E-state index in [2.05, 4.69) is 28.7 Å². The molecule has 1 saturated heterocycles. The summed E-state index contributed by atoms with van der Waals surface area (Å²) in [4.78, 5) is 21.7. The van der Waals surface area contributed by atoms with E-state index in [4.69, 9.17) is 5.11 Å². The molecule has 104 valence electrons. The fourth-order valence-corrected chi connectivity index (χ4v) is 2.55. The number of aliphatic carboxylic acids is 1. The van der Waals surface area contributed by atoms with Gasteiger partial charge in [-0.05, 0) is 25.2 Å². The summed E-state index contributed by atoms with van der Waals surface area (Å²) in [6.45, 7) is 5.07. The van der Waals surface area contributed by atoms with Crippen LogP contribution in [0.3, 0.4) is 0 Å². The van der Waals surface area contributed by atoms with Crippen LogP contribution in [0, 0.1) is 0 Å². The maximum absolute atomic E-state index is 11.0. The first-order chi connectivity index (χ1) is 9.08. The smallest absolute Gasteiger partial charge is 0.305 e. The Morgan fingerprint density at radius 2 is 2.26 bits per heavy atom. The molecule has 1 aliphatic rings. The second-order valence-electron chi connectivity index (χ2n) is 5.40. The van der Waals surface area contributed by atoms with Crippen LogP contribution < -0.4 is 4.90 Å². The predicted octanol–water partition coefficient (Wildman–Crippen LogP) is 2.43. The first-order valence-electron chi connectivity index (χ1n) is 6.88. The highest BCUT2D eigenvalue weighted by atomic mass is 16.4. The molecule has 0 amide bonds. The number of rotatable bonds is 4. The third-order valence-corrected chi connectivity index (χ3v) is 3.60. The summed E-state index contributed by atoms with van der Waals surface area (Å²) < 4.78 is 0. The number of aromatic nitrogens is 2. The lowest BCUT2D eigenvalue weighted by molar-refractivity contribution is -0.137. The van der Waals surface area contributed by atoms with E-state index in [-0.39, 0.29) is 12.5 Å². The minimum absolute atomic E-state index is 0.0566. The van der Waals surface area contributed by atoms with Crippen molar-refractivity contribution in [1.29, 1.82) is 0 Å². The van der Waals surface area contributed by atoms with Crippen molar-refractivity contribution in [2.75, 3.05) is 11.4 Å². The second-order valence-corrected chi connectivity index (χ2v) is 5.40. The molecule has 5 nitrogen and oxygen atoms in total. The van der Waals surface area contributed by atoms with Crippen LogP contribution in [0.4, 0.5) is 5.82 Å². The molecule has 2 heterocycles. The Morgan fingerprint density at radius 1 is 1.47 bits per heavy atom. The summed E-state index contributed by atoms with van der Waals surface area (Å²) in [7, 11) is 0. The molecule has 1 unspecified atom stereocenters. The SMILES string of the molecule is CC(C)c1cc(N2CCCCC2CC(=O)O)ncn1. The number of carboxylic acid groups (broad SMARTS) is 1. The number of carboxylic acids is 1. The van der Waals surface area contributed by atoms with Crippen LogP contribution in [0.15, 0.2) is 12.4 Å². The van der Waals surface area contributed by atoms with E-state index in [0.717, 1.165) is 37.3 Å². The van der Waals surface area contributed by atoms with Crippen molar-refractivity contribution in [3.8, 4) is 0 Å². The van der Waals surface area contributed by atoms with Crippen LogP contribution in [0.5, 0.6) is 0 Å². The van der Waals surface area contributed by atoms with Gasteiger partial charge in [0.2, 0.25) is 0 Å². The van der Waals surface area contributed by atoms with E-state index in [1.165, 1.54) is 0 Å². The number of piperidine rings is 1. The summed E-state index contributed by atoms with van der Waals surface area (Å²) >= 11 is 0. The van der Waals surface area contributed by atoms with Gasteiger partial charge in [0.15, 0.2) is 0 Å². The summed E-state index contributed by atoms with van der Waals surface area (Å²) in [6, 6.07) is 2.05. The molecule has 0 aliphatic carbocycles. The molecule has 1 atom stereocenters. The lowest BCUT2D eigenvalue weighted by Gasteiger charge is -2.36. The third-order valence-electron chi connectivity index (χ3n) is 3.60.